The molecule has 2 aromatic rings. The van der Waals surface area contributed by atoms with Gasteiger partial charge in [0.1, 0.15) is 5.00 Å². The summed E-state index contributed by atoms with van der Waals surface area (Å²) in [5.41, 5.74) is 0.197. The molecular weight excluding hydrogens is 439 g/mol. The molecule has 1 atom stereocenters. The smallest absolute Gasteiger partial charge is 0.254 e. The zero-order valence-electron chi connectivity index (χ0n) is 18.8. The summed E-state index contributed by atoms with van der Waals surface area (Å²) in [5.74, 6) is -4.63. The van der Waals surface area contributed by atoms with Gasteiger partial charge < -0.3 is 21.1 Å². The third-order valence-electron chi connectivity index (χ3n) is 6.08. The third-order valence-corrected chi connectivity index (χ3v) is 7.56. The van der Waals surface area contributed by atoms with Crippen molar-refractivity contribution in [2.45, 2.75) is 76.7 Å². The van der Waals surface area contributed by atoms with Crippen molar-refractivity contribution in [2.75, 3.05) is 5.32 Å². The number of anilines is 1. The first-order valence-corrected chi connectivity index (χ1v) is 11.4. The summed E-state index contributed by atoms with van der Waals surface area (Å²) in [5, 5.41) is 20.6. The van der Waals surface area contributed by atoms with Crippen molar-refractivity contribution in [1.82, 2.24) is 10.6 Å². The second kappa shape index (κ2) is 7.46. The zero-order chi connectivity index (χ0) is 23.6. The van der Waals surface area contributed by atoms with E-state index >= 15 is 0 Å². The molecule has 1 aromatic carbocycles. The van der Waals surface area contributed by atoms with Gasteiger partial charge in [-0.1, -0.05) is 0 Å². The Kier molecular flexibility index (Phi) is 5.38. The number of nitrogens with one attached hydrogen (secondary N) is 3. The van der Waals surface area contributed by atoms with Gasteiger partial charge in [-0.3, -0.25) is 4.79 Å². The second-order valence-electron chi connectivity index (χ2n) is 10.3. The molecule has 0 bridgehead atoms. The van der Waals surface area contributed by atoms with Crippen LogP contribution in [0.3, 0.4) is 0 Å². The highest BCUT2D eigenvalue weighted by molar-refractivity contribution is 7.17. The summed E-state index contributed by atoms with van der Waals surface area (Å²) < 4.78 is 40.7. The lowest BCUT2D eigenvalue weighted by atomic mass is 9.81. The quantitative estimate of drug-likeness (QED) is 0.380. The Morgan fingerprint density at radius 1 is 1.12 bits per heavy atom. The number of halogens is 3. The molecule has 9 heteroatoms. The fraction of sp³-hybridized carbons (Fsp3) is 0.522. The highest BCUT2D eigenvalue weighted by atomic mass is 32.1. The number of hydrogen-bond donors (Lipinski definition) is 4. The predicted molar refractivity (Wildman–Crippen MR) is 118 cm³/mol. The van der Waals surface area contributed by atoms with E-state index < -0.39 is 29.2 Å². The van der Waals surface area contributed by atoms with Gasteiger partial charge in [0, 0.05) is 27.1 Å². The number of amides is 1. The first kappa shape index (κ1) is 23.1. The van der Waals surface area contributed by atoms with Crippen molar-refractivity contribution in [1.29, 1.82) is 0 Å². The number of rotatable bonds is 5. The van der Waals surface area contributed by atoms with Crippen LogP contribution in [0.2, 0.25) is 0 Å². The summed E-state index contributed by atoms with van der Waals surface area (Å²) in [4.78, 5) is 14.3. The highest BCUT2D eigenvalue weighted by Crippen LogP contribution is 2.46. The molecule has 5 nitrogen and oxygen atoms in total. The predicted octanol–water partition coefficient (Wildman–Crippen LogP) is 4.71. The maximum Gasteiger partial charge on any atom is 0.254 e. The van der Waals surface area contributed by atoms with Crippen LogP contribution in [0, 0.1) is 17.5 Å². The maximum atomic E-state index is 13.7. The van der Waals surface area contributed by atoms with Crippen molar-refractivity contribution < 1.29 is 23.1 Å². The molecule has 2 heterocycles. The topological polar surface area (TPSA) is 73.4 Å². The molecule has 1 fully saturated rings. The Morgan fingerprint density at radius 3 is 2.28 bits per heavy atom. The first-order valence-electron chi connectivity index (χ1n) is 10.6. The van der Waals surface area contributed by atoms with Crippen LogP contribution < -0.4 is 16.0 Å². The lowest BCUT2D eigenvalue weighted by Gasteiger charge is -2.42. The highest BCUT2D eigenvalue weighted by Gasteiger charge is 2.44. The minimum atomic E-state index is -1.60. The lowest BCUT2D eigenvalue weighted by molar-refractivity contribution is 0.0934. The minimum absolute atomic E-state index is 0.175. The first-order chi connectivity index (χ1) is 14.7. The molecule has 0 saturated heterocycles. The van der Waals surface area contributed by atoms with Crippen molar-refractivity contribution in [3.8, 4) is 0 Å². The average molecular weight is 468 g/mol. The van der Waals surface area contributed by atoms with Crippen LogP contribution in [-0.4, -0.2) is 22.1 Å². The number of fused-ring (bicyclic) bond motifs is 1. The molecule has 32 heavy (non-hydrogen) atoms. The van der Waals surface area contributed by atoms with E-state index in [0.29, 0.717) is 17.0 Å². The second-order valence-corrected chi connectivity index (χ2v) is 11.3. The van der Waals surface area contributed by atoms with E-state index in [2.05, 4.69) is 29.8 Å². The lowest BCUT2D eigenvalue weighted by Crippen LogP contribution is -2.55. The van der Waals surface area contributed by atoms with Crippen LogP contribution in [0.5, 0.6) is 0 Å². The number of carbonyl (C=O) groups excluding carboxylic acids is 1. The summed E-state index contributed by atoms with van der Waals surface area (Å²) >= 11 is 1.32. The number of carbonyl (C=O) groups is 1. The maximum absolute atomic E-state index is 13.7. The molecule has 0 spiro atoms. The molecule has 4 N–H and O–H groups in total. The molecule has 1 saturated carbocycles. The summed E-state index contributed by atoms with van der Waals surface area (Å²) in [6.45, 7) is 10.2. The molecule has 4 rings (SSSR count). The van der Waals surface area contributed by atoms with Crippen LogP contribution in [-0.2, 0) is 12.0 Å². The van der Waals surface area contributed by atoms with E-state index in [0.717, 1.165) is 35.4 Å². The normalized spacial score (nSPS) is 20.9. The molecule has 1 unspecified atom stereocenters. The van der Waals surface area contributed by atoms with Gasteiger partial charge in [-0.2, -0.15) is 0 Å². The van der Waals surface area contributed by atoms with Gasteiger partial charge in [0.2, 0.25) is 0 Å². The van der Waals surface area contributed by atoms with E-state index in [1.807, 2.05) is 20.8 Å². The molecule has 1 aliphatic carbocycles. The third kappa shape index (κ3) is 4.25. The van der Waals surface area contributed by atoms with E-state index in [9.17, 15) is 23.1 Å². The number of aliphatic hydroxyl groups excluding tert-OH is 1. The monoisotopic (exact) mass is 467 g/mol. The fourth-order valence-electron chi connectivity index (χ4n) is 4.46. The van der Waals surface area contributed by atoms with Crippen molar-refractivity contribution in [2.24, 2.45) is 0 Å². The van der Waals surface area contributed by atoms with Crippen LogP contribution in [0.4, 0.5) is 18.2 Å². The standard InChI is InChI=1S/C23H28F3N3O2S/c1-21(2)10-12-15(19(31)28-23(5)6-7-23)20(32-17(12)22(3,4)29-21)27-18(30)11-8-13(24)16(26)14(25)9-11/h8-9,18,27,29-30H,6-7,10H2,1-5H3,(H,28,31). The Labute approximate surface area is 189 Å². The SMILES string of the molecule is CC1(C)Cc2c(sc(NC(O)c3cc(F)c(F)c(F)c3)c2C(=O)NC2(C)CC2)C(C)(C)N1. The Balaban J connectivity index is 1.76. The average Bonchev–Trinajstić information content (AvgIpc) is 3.25. The number of hydrogen-bond acceptors (Lipinski definition) is 5. The summed E-state index contributed by atoms with van der Waals surface area (Å²) in [6.07, 6.45) is 0.845. The molecule has 0 radical (unpaired) electrons. The summed E-state index contributed by atoms with van der Waals surface area (Å²) in [7, 11) is 0. The number of thiophene rings is 1. The molecule has 1 amide bonds. The van der Waals surface area contributed by atoms with Crippen molar-refractivity contribution in [3.63, 3.8) is 0 Å². The zero-order valence-corrected chi connectivity index (χ0v) is 19.6. The van der Waals surface area contributed by atoms with Gasteiger partial charge in [-0.25, -0.2) is 13.2 Å². The molecular formula is C23H28F3N3O2S. The van der Waals surface area contributed by atoms with Gasteiger partial charge in [-0.05, 0) is 71.6 Å². The number of aliphatic hydroxyl groups is 1. The van der Waals surface area contributed by atoms with Crippen LogP contribution in [0.25, 0.3) is 0 Å². The van der Waals surface area contributed by atoms with E-state index in [1.54, 1.807) is 0 Å². The van der Waals surface area contributed by atoms with Crippen molar-refractivity contribution >= 4 is 22.2 Å². The van der Waals surface area contributed by atoms with Gasteiger partial charge in [0.25, 0.3) is 5.91 Å². The Hall–Kier alpha value is -2.10. The Bertz CT molecular complexity index is 1070. The van der Waals surface area contributed by atoms with Gasteiger partial charge in [-0.15, -0.1) is 11.3 Å². The van der Waals surface area contributed by atoms with E-state index in [-0.39, 0.29) is 22.5 Å². The summed E-state index contributed by atoms with van der Waals surface area (Å²) in [6, 6.07) is 1.48. The van der Waals surface area contributed by atoms with Crippen molar-refractivity contribution in [3.05, 3.63) is 51.2 Å². The van der Waals surface area contributed by atoms with Gasteiger partial charge in [0.05, 0.1) is 5.56 Å². The fourth-order valence-corrected chi connectivity index (χ4v) is 5.76. The molecule has 1 aromatic heterocycles. The molecule has 174 valence electrons. The van der Waals surface area contributed by atoms with Gasteiger partial charge >= 0.3 is 0 Å². The largest absolute Gasteiger partial charge is 0.369 e. The Morgan fingerprint density at radius 2 is 1.72 bits per heavy atom. The van der Waals surface area contributed by atoms with E-state index in [4.69, 9.17) is 0 Å². The minimum Gasteiger partial charge on any atom is -0.369 e. The van der Waals surface area contributed by atoms with Crippen LogP contribution in [0.1, 0.15) is 80.1 Å². The molecule has 1 aliphatic heterocycles. The van der Waals surface area contributed by atoms with Gasteiger partial charge in [0.15, 0.2) is 23.7 Å². The number of benzene rings is 1. The molecule has 2 aliphatic rings. The van der Waals surface area contributed by atoms with Crippen LogP contribution >= 0.6 is 11.3 Å². The van der Waals surface area contributed by atoms with E-state index in [1.165, 1.54) is 11.3 Å². The van der Waals surface area contributed by atoms with Crippen LogP contribution in [0.15, 0.2) is 12.1 Å².